The highest BCUT2D eigenvalue weighted by atomic mass is 32.2. The van der Waals surface area contributed by atoms with Crippen molar-refractivity contribution in [1.29, 1.82) is 0 Å². The van der Waals surface area contributed by atoms with Gasteiger partial charge < -0.3 is 26.2 Å². The first-order chi connectivity index (χ1) is 24.0. The molecule has 1 spiro atoms. The summed E-state index contributed by atoms with van der Waals surface area (Å²) >= 11 is 0. The number of sulfonamides is 1. The smallest absolute Gasteiger partial charge is 0.315 e. The zero-order valence-electron chi connectivity index (χ0n) is 32.7. The number of likely N-dealkylation sites (N-methyl/N-ethyl adjacent to an activating group) is 1. The fourth-order valence-electron chi connectivity index (χ4n) is 7.83. The number of ketones is 1. The summed E-state index contributed by atoms with van der Waals surface area (Å²) in [5.74, 6) is -2.56. The Morgan fingerprint density at radius 2 is 1.65 bits per heavy atom. The van der Waals surface area contributed by atoms with Gasteiger partial charge in [-0.3, -0.25) is 19.2 Å². The van der Waals surface area contributed by atoms with Crippen LogP contribution in [-0.4, -0.2) is 104 Å². The average molecular weight is 747 g/mol. The predicted molar refractivity (Wildman–Crippen MR) is 201 cm³/mol. The van der Waals surface area contributed by atoms with E-state index >= 15 is 4.79 Å². The van der Waals surface area contributed by atoms with Crippen molar-refractivity contribution < 1.29 is 32.4 Å². The van der Waals surface area contributed by atoms with E-state index in [0.717, 1.165) is 25.5 Å². The first-order valence-corrected chi connectivity index (χ1v) is 20.4. The van der Waals surface area contributed by atoms with Crippen molar-refractivity contribution in [3.63, 3.8) is 0 Å². The molecule has 13 nitrogen and oxygen atoms in total. The Labute approximate surface area is 310 Å². The van der Waals surface area contributed by atoms with Crippen LogP contribution in [0.25, 0.3) is 0 Å². The molecule has 4 N–H and O–H groups in total. The minimum Gasteiger partial charge on any atom is -0.346 e. The Morgan fingerprint density at radius 3 is 2.17 bits per heavy atom. The second-order valence-electron chi connectivity index (χ2n) is 16.8. The van der Waals surface area contributed by atoms with Crippen LogP contribution in [0.5, 0.6) is 0 Å². The first-order valence-electron chi connectivity index (χ1n) is 18.5. The highest BCUT2D eigenvalue weighted by Gasteiger charge is 2.61. The lowest BCUT2D eigenvalue weighted by Gasteiger charge is -2.45. The lowest BCUT2D eigenvalue weighted by molar-refractivity contribution is -0.147. The van der Waals surface area contributed by atoms with Gasteiger partial charge in [0.15, 0.2) is 0 Å². The number of Topliss-reactive ketones (excluding diaryl/α,β-unsaturated/α-hetero) is 1. The van der Waals surface area contributed by atoms with Crippen LogP contribution in [0.4, 0.5) is 4.79 Å². The van der Waals surface area contributed by atoms with Gasteiger partial charge in [-0.25, -0.2) is 17.5 Å². The van der Waals surface area contributed by atoms with Crippen molar-refractivity contribution >= 4 is 39.6 Å². The van der Waals surface area contributed by atoms with Gasteiger partial charge in [-0.1, -0.05) is 80.2 Å². The minimum atomic E-state index is -3.53. The highest BCUT2D eigenvalue weighted by Crippen LogP contribution is 2.55. The number of hydrogen-bond acceptors (Lipinski definition) is 7. The molecule has 3 aliphatic rings. The molecule has 2 fully saturated rings. The Balaban J connectivity index is 2.02. The van der Waals surface area contributed by atoms with E-state index in [-0.39, 0.29) is 26.1 Å². The van der Waals surface area contributed by atoms with Gasteiger partial charge in [0.2, 0.25) is 27.6 Å². The molecule has 5 atom stereocenters. The van der Waals surface area contributed by atoms with E-state index in [1.54, 1.807) is 4.90 Å². The van der Waals surface area contributed by atoms with E-state index in [9.17, 15) is 27.6 Å². The Kier molecular flexibility index (Phi) is 13.8. The van der Waals surface area contributed by atoms with E-state index < -0.39 is 85.4 Å². The van der Waals surface area contributed by atoms with Crippen molar-refractivity contribution in [2.45, 2.75) is 124 Å². The van der Waals surface area contributed by atoms with Crippen LogP contribution < -0.4 is 21.3 Å². The van der Waals surface area contributed by atoms with E-state index in [1.165, 1.54) is 17.4 Å². The number of likely N-dealkylation sites (tertiary alicyclic amines) is 1. The molecule has 2 aliphatic carbocycles. The normalized spacial score (nSPS) is 23.9. The molecule has 52 heavy (non-hydrogen) atoms. The third kappa shape index (κ3) is 9.54. The first kappa shape index (κ1) is 42.9. The summed E-state index contributed by atoms with van der Waals surface area (Å²) in [5, 5.41) is 11.3. The summed E-state index contributed by atoms with van der Waals surface area (Å²) in [7, 11) is -2.07. The molecule has 0 aromatic heterocycles. The summed E-state index contributed by atoms with van der Waals surface area (Å²) in [6.45, 7) is 17.4. The van der Waals surface area contributed by atoms with Gasteiger partial charge >= 0.3 is 6.03 Å². The van der Waals surface area contributed by atoms with Crippen LogP contribution in [-0.2, 0) is 29.2 Å². The van der Waals surface area contributed by atoms with Crippen LogP contribution in [0.1, 0.15) is 99.8 Å². The summed E-state index contributed by atoms with van der Waals surface area (Å²) in [5.41, 5.74) is 0.587. The summed E-state index contributed by atoms with van der Waals surface area (Å²) in [6.07, 6.45) is 11.6. The molecular weight excluding hydrogens is 685 g/mol. The Bertz CT molecular complexity index is 1550. The summed E-state index contributed by atoms with van der Waals surface area (Å²) in [4.78, 5) is 71.0. The third-order valence-electron chi connectivity index (χ3n) is 11.5. The van der Waals surface area contributed by atoms with Gasteiger partial charge in [0, 0.05) is 43.6 Å². The molecule has 5 amide bonds. The molecule has 1 heterocycles. The van der Waals surface area contributed by atoms with Crippen LogP contribution in [0.2, 0.25) is 0 Å². The molecule has 292 valence electrons. The average Bonchev–Trinajstić information content (AvgIpc) is 3.59. The van der Waals surface area contributed by atoms with Crippen LogP contribution >= 0.6 is 0 Å². The minimum absolute atomic E-state index is 0.0280. The third-order valence-corrected chi connectivity index (χ3v) is 12.8. The molecule has 0 aromatic carbocycles. The molecular formula is C38H62N6O7S. The maximum atomic E-state index is 15.0. The zero-order valence-corrected chi connectivity index (χ0v) is 33.5. The number of rotatable bonds is 15. The quantitative estimate of drug-likeness (QED) is 0.113. The van der Waals surface area contributed by atoms with E-state index in [0.29, 0.717) is 25.7 Å². The molecule has 1 saturated heterocycles. The second-order valence-corrected chi connectivity index (χ2v) is 18.9. The van der Waals surface area contributed by atoms with E-state index in [4.69, 9.17) is 0 Å². The monoisotopic (exact) mass is 746 g/mol. The fraction of sp³-hybridized carbons (Fsp3) is 0.737. The standard InChI is InChI=1S/C38H62N6O7S/c1-11-17-26(28(45)31(46)39-23-12-2)40-32(47)30-38(21-16-18-36(38,6)7)22-24-44(30)33(48)29(37(8)19-14-13-15-20-37)42-34(49)41-27(35(3,4)5)25-43(9)52(10,50)51/h12,18,21,26-27,29-30H,2,11,13-15,17,19-20,22-25H2,1,3-10H3,(H,39,46)(H,40,47)(H2,41,42,49)/t26?,27-,29-,30-,38?/m1/s1. The SMILES string of the molecule is C=CCNC(=O)C(=O)C(CCC)NC(=O)[C@H]1N(C(=O)[C@@H](NC(=O)N[C@H](CN(C)S(C)(=O)=O)C(C)(C)C)C2(C)CCCCC2)CCC12C=C=CC2(C)C. The fourth-order valence-corrected chi connectivity index (χ4v) is 8.25. The molecule has 1 saturated carbocycles. The zero-order chi connectivity index (χ0) is 39.3. The van der Waals surface area contributed by atoms with Crippen LogP contribution in [0.3, 0.4) is 0 Å². The van der Waals surface area contributed by atoms with Gasteiger partial charge in [0.25, 0.3) is 5.91 Å². The molecule has 2 unspecified atom stereocenters. The summed E-state index contributed by atoms with van der Waals surface area (Å²) < 4.78 is 25.7. The van der Waals surface area contributed by atoms with Gasteiger partial charge in [-0.15, -0.1) is 12.3 Å². The van der Waals surface area contributed by atoms with Gasteiger partial charge in [0.05, 0.1) is 12.3 Å². The molecule has 1 aliphatic heterocycles. The van der Waals surface area contributed by atoms with Crippen molar-refractivity contribution in [3.8, 4) is 0 Å². The molecule has 14 heteroatoms. The molecule has 3 rings (SSSR count). The van der Waals surface area contributed by atoms with E-state index in [1.807, 2.05) is 60.6 Å². The number of nitrogens with one attached hydrogen (secondary N) is 4. The molecule has 0 bridgehead atoms. The Hall–Kier alpha value is -3.48. The van der Waals surface area contributed by atoms with Crippen LogP contribution in [0, 0.1) is 21.7 Å². The second kappa shape index (κ2) is 16.7. The van der Waals surface area contributed by atoms with Crippen molar-refractivity contribution in [2.75, 3.05) is 32.9 Å². The van der Waals surface area contributed by atoms with Gasteiger partial charge in [-0.2, -0.15) is 0 Å². The maximum absolute atomic E-state index is 15.0. The number of urea groups is 1. The van der Waals surface area contributed by atoms with Gasteiger partial charge in [-0.05, 0) is 48.7 Å². The van der Waals surface area contributed by atoms with Crippen molar-refractivity contribution in [3.05, 3.63) is 30.5 Å². The number of carbonyl (C=O) groups excluding carboxylic acids is 5. The highest BCUT2D eigenvalue weighted by molar-refractivity contribution is 7.88. The number of amides is 5. The lowest BCUT2D eigenvalue weighted by atomic mass is 9.63. The van der Waals surface area contributed by atoms with Crippen molar-refractivity contribution in [2.24, 2.45) is 21.7 Å². The van der Waals surface area contributed by atoms with Crippen molar-refractivity contribution in [1.82, 2.24) is 30.5 Å². The van der Waals surface area contributed by atoms with Crippen LogP contribution in [0.15, 0.2) is 30.5 Å². The van der Waals surface area contributed by atoms with E-state index in [2.05, 4.69) is 33.6 Å². The maximum Gasteiger partial charge on any atom is 0.315 e. The Morgan fingerprint density at radius 1 is 1.02 bits per heavy atom. The van der Waals surface area contributed by atoms with Gasteiger partial charge in [0.1, 0.15) is 12.1 Å². The number of hydrogen-bond donors (Lipinski definition) is 4. The number of nitrogens with zero attached hydrogens (tertiary/aromatic N) is 2. The molecule has 0 aromatic rings. The molecule has 0 radical (unpaired) electrons. The lowest BCUT2D eigenvalue weighted by Crippen LogP contribution is -2.64. The largest absolute Gasteiger partial charge is 0.346 e. The topological polar surface area (TPSA) is 174 Å². The number of carbonyl (C=O) groups is 5. The predicted octanol–water partition coefficient (Wildman–Crippen LogP) is 3.43. The summed E-state index contributed by atoms with van der Waals surface area (Å²) in [6, 6.07) is -4.37.